The molecule has 3 aromatic rings. The topological polar surface area (TPSA) is 51.5 Å². The van der Waals surface area contributed by atoms with Crippen molar-refractivity contribution in [3.05, 3.63) is 56.5 Å². The molecule has 2 aliphatic rings. The molecule has 0 unspecified atom stereocenters. The van der Waals surface area contributed by atoms with Crippen LogP contribution < -0.4 is 9.64 Å². The molecule has 152 valence electrons. The zero-order valence-corrected chi connectivity index (χ0v) is 19.0. The normalized spacial score (nSPS) is 16.0. The highest BCUT2D eigenvalue weighted by atomic mass is 32.1. The van der Waals surface area contributed by atoms with Crippen LogP contribution in [0.15, 0.2) is 30.3 Å². The van der Waals surface area contributed by atoms with Gasteiger partial charge in [0.05, 0.1) is 34.5 Å². The largest absolute Gasteiger partial charge is 0.495 e. The number of hydrogen-bond acceptors (Lipinski definition) is 5. The van der Waals surface area contributed by atoms with Crippen molar-refractivity contribution >= 4 is 41.1 Å². The lowest BCUT2D eigenvalue weighted by Crippen LogP contribution is -2.46. The molecule has 7 heteroatoms. The second-order valence-electron chi connectivity index (χ2n) is 8.31. The van der Waals surface area contributed by atoms with Crippen molar-refractivity contribution in [1.82, 2.24) is 3.96 Å². The van der Waals surface area contributed by atoms with Crippen molar-refractivity contribution in [3.8, 4) is 22.6 Å². The van der Waals surface area contributed by atoms with Gasteiger partial charge in [-0.2, -0.15) is 0 Å². The van der Waals surface area contributed by atoms with E-state index in [1.807, 2.05) is 55.9 Å². The number of fused-ring (bicyclic) bond motifs is 2. The minimum atomic E-state index is -0.698. The van der Waals surface area contributed by atoms with E-state index in [4.69, 9.17) is 17.0 Å². The molecular formula is C23H20N2O3S2. The van der Waals surface area contributed by atoms with Gasteiger partial charge in [-0.05, 0) is 63.1 Å². The monoisotopic (exact) mass is 436 g/mol. The molecule has 5 rings (SSSR count). The van der Waals surface area contributed by atoms with Crippen LogP contribution in [0.25, 0.3) is 16.8 Å². The van der Waals surface area contributed by atoms with E-state index >= 15 is 0 Å². The summed E-state index contributed by atoms with van der Waals surface area (Å²) in [5.41, 5.74) is 5.12. The van der Waals surface area contributed by atoms with Crippen molar-refractivity contribution in [2.24, 2.45) is 0 Å². The first kappa shape index (κ1) is 19.2. The lowest BCUT2D eigenvalue weighted by Gasteiger charge is -2.39. The quantitative estimate of drug-likeness (QED) is 0.402. The van der Waals surface area contributed by atoms with Gasteiger partial charge in [-0.15, -0.1) is 0 Å². The number of Topliss-reactive ketones (excluding diaryl/α,β-unsaturated/α-hetero) is 1. The summed E-state index contributed by atoms with van der Waals surface area (Å²) in [6, 6.07) is 9.80. The number of hydrogen-bond donors (Lipinski definition) is 0. The van der Waals surface area contributed by atoms with E-state index in [-0.39, 0.29) is 0 Å². The van der Waals surface area contributed by atoms with E-state index in [1.54, 1.807) is 18.1 Å². The minimum Gasteiger partial charge on any atom is -0.495 e. The van der Waals surface area contributed by atoms with Crippen LogP contribution in [0.1, 0.15) is 40.2 Å². The maximum Gasteiger partial charge on any atom is 0.300 e. The molecule has 0 bridgehead atoms. The zero-order valence-electron chi connectivity index (χ0n) is 17.3. The van der Waals surface area contributed by atoms with Gasteiger partial charge < -0.3 is 4.74 Å². The third-order valence-electron chi connectivity index (χ3n) is 5.86. The Morgan fingerprint density at radius 3 is 2.43 bits per heavy atom. The molecule has 5 nitrogen and oxygen atoms in total. The Hall–Kier alpha value is -2.77. The van der Waals surface area contributed by atoms with Crippen LogP contribution in [0.2, 0.25) is 0 Å². The van der Waals surface area contributed by atoms with Gasteiger partial charge in [0.25, 0.3) is 11.7 Å². The standard InChI is InChI=1S/C23H20N2O3S2/c1-11-6-7-16(28-5)15(10-11)25-22(29)17-13-8-12(2)9-14-18(13)24(21(27)19(14)26)23(3,4)20(17)30-25/h6-10H,1-5H3. The molecule has 0 spiro atoms. The Kier molecular flexibility index (Phi) is 3.92. The van der Waals surface area contributed by atoms with E-state index < -0.39 is 17.2 Å². The molecule has 1 aromatic heterocycles. The molecule has 2 aromatic carbocycles. The van der Waals surface area contributed by atoms with Crippen LogP contribution in [0.3, 0.4) is 0 Å². The van der Waals surface area contributed by atoms with Gasteiger partial charge in [0.2, 0.25) is 0 Å². The fourth-order valence-corrected chi connectivity index (χ4v) is 6.18. The number of carbonyl (C=O) groups excluding carboxylic acids is 2. The summed E-state index contributed by atoms with van der Waals surface area (Å²) in [4.78, 5) is 28.3. The van der Waals surface area contributed by atoms with Gasteiger partial charge in [-0.3, -0.25) is 18.4 Å². The van der Waals surface area contributed by atoms with Crippen molar-refractivity contribution in [2.75, 3.05) is 12.0 Å². The summed E-state index contributed by atoms with van der Waals surface area (Å²) in [5, 5.41) is 0. The second-order valence-corrected chi connectivity index (χ2v) is 9.65. The van der Waals surface area contributed by atoms with E-state index in [9.17, 15) is 9.59 Å². The Morgan fingerprint density at radius 2 is 1.73 bits per heavy atom. The van der Waals surface area contributed by atoms with Gasteiger partial charge in [0, 0.05) is 11.1 Å². The van der Waals surface area contributed by atoms with Crippen LogP contribution in [-0.2, 0) is 10.3 Å². The highest BCUT2D eigenvalue weighted by molar-refractivity contribution is 7.71. The molecule has 0 atom stereocenters. The first-order valence-corrected chi connectivity index (χ1v) is 10.8. The van der Waals surface area contributed by atoms with Crippen LogP contribution in [0.4, 0.5) is 5.69 Å². The molecule has 0 saturated carbocycles. The van der Waals surface area contributed by atoms with Crippen molar-refractivity contribution in [3.63, 3.8) is 0 Å². The van der Waals surface area contributed by atoms with Crippen LogP contribution >= 0.6 is 23.8 Å². The summed E-state index contributed by atoms with van der Waals surface area (Å²) in [6.45, 7) is 7.90. The maximum absolute atomic E-state index is 13.0. The highest BCUT2D eigenvalue weighted by Gasteiger charge is 2.51. The lowest BCUT2D eigenvalue weighted by molar-refractivity contribution is -0.115. The van der Waals surface area contributed by atoms with Gasteiger partial charge in [0.1, 0.15) is 10.4 Å². The molecule has 0 saturated heterocycles. The number of aromatic nitrogens is 1. The fourth-order valence-electron chi connectivity index (χ4n) is 4.49. The number of benzene rings is 2. The molecule has 0 aliphatic carbocycles. The van der Waals surface area contributed by atoms with E-state index in [0.717, 1.165) is 38.6 Å². The number of anilines is 1. The average Bonchev–Trinajstić information content (AvgIpc) is 3.17. The van der Waals surface area contributed by atoms with Crippen LogP contribution in [0.5, 0.6) is 5.75 Å². The first-order chi connectivity index (χ1) is 14.2. The van der Waals surface area contributed by atoms with E-state index in [1.165, 1.54) is 11.5 Å². The second kappa shape index (κ2) is 6.12. The zero-order chi connectivity index (χ0) is 21.5. The molecule has 1 amide bonds. The van der Waals surface area contributed by atoms with Crippen molar-refractivity contribution in [2.45, 2.75) is 33.2 Å². The number of rotatable bonds is 2. The summed E-state index contributed by atoms with van der Waals surface area (Å²) in [5.74, 6) is -0.197. The molecule has 0 N–H and O–H groups in total. The summed E-state index contributed by atoms with van der Waals surface area (Å²) in [6.07, 6.45) is 0. The molecule has 3 heterocycles. The summed E-state index contributed by atoms with van der Waals surface area (Å²) < 4.78 is 8.25. The predicted octanol–water partition coefficient (Wildman–Crippen LogP) is 5.34. The smallest absolute Gasteiger partial charge is 0.300 e. The fraction of sp³-hybridized carbons (Fsp3) is 0.261. The van der Waals surface area contributed by atoms with E-state index in [2.05, 4.69) is 0 Å². The predicted molar refractivity (Wildman–Crippen MR) is 121 cm³/mol. The van der Waals surface area contributed by atoms with Crippen molar-refractivity contribution in [1.29, 1.82) is 0 Å². The number of nitrogens with zero attached hydrogens (tertiary/aromatic N) is 2. The maximum atomic E-state index is 13.0. The van der Waals surface area contributed by atoms with Crippen LogP contribution in [0, 0.1) is 18.5 Å². The molecule has 2 aliphatic heterocycles. The number of ketones is 1. The number of carbonyl (C=O) groups is 2. The van der Waals surface area contributed by atoms with Gasteiger partial charge in [-0.25, -0.2) is 0 Å². The Balaban J connectivity index is 1.89. The average molecular weight is 437 g/mol. The minimum absolute atomic E-state index is 0.447. The van der Waals surface area contributed by atoms with Gasteiger partial charge in [-0.1, -0.05) is 29.8 Å². The number of ether oxygens (including phenoxy) is 1. The Labute approximate surface area is 183 Å². The summed E-state index contributed by atoms with van der Waals surface area (Å²) >= 11 is 7.46. The highest BCUT2D eigenvalue weighted by Crippen LogP contribution is 2.55. The molecule has 30 heavy (non-hydrogen) atoms. The third-order valence-corrected chi connectivity index (χ3v) is 7.82. The number of methoxy groups -OCH3 is 1. The van der Waals surface area contributed by atoms with E-state index in [0.29, 0.717) is 15.9 Å². The third kappa shape index (κ3) is 2.30. The molecule has 0 fully saturated rings. The number of aryl methyl sites for hydroxylation is 2. The number of amides is 1. The SMILES string of the molecule is COc1ccc(C)cc1-n1sc2c(c1=S)-c1cc(C)cc3c1N(C(=O)C3=O)C2(C)C. The van der Waals surface area contributed by atoms with Crippen LogP contribution in [-0.4, -0.2) is 22.8 Å². The Morgan fingerprint density at radius 1 is 1.03 bits per heavy atom. The first-order valence-electron chi connectivity index (χ1n) is 9.62. The van der Waals surface area contributed by atoms with Crippen molar-refractivity contribution < 1.29 is 14.3 Å². The molecular weight excluding hydrogens is 416 g/mol. The molecule has 0 radical (unpaired) electrons. The lowest BCUT2D eigenvalue weighted by atomic mass is 9.87. The Bertz CT molecular complexity index is 1350. The van der Waals surface area contributed by atoms with Gasteiger partial charge >= 0.3 is 0 Å². The summed E-state index contributed by atoms with van der Waals surface area (Å²) in [7, 11) is 1.64. The van der Waals surface area contributed by atoms with Gasteiger partial charge in [0.15, 0.2) is 0 Å².